The normalized spacial score (nSPS) is 18.9. The standard InChI is InChI=1S/C27H45N3O7/c1-7-9-11-12-13-15-21(29-26(35)37-27(3,4)5)25(34)30-18-20(31)17-22(30)24(33)28-19(14-10-8-2)16-23(32)36-6/h7-8,19-22,31H,1-2,9-18H2,3-6H3,(H,28,33)(H,29,35)/t19-,20-,21-,22?/m0/s1. The van der Waals surface area contributed by atoms with Gasteiger partial charge in [-0.1, -0.05) is 25.0 Å². The molecule has 10 heteroatoms. The maximum Gasteiger partial charge on any atom is 0.408 e. The molecule has 0 aromatic heterocycles. The molecule has 3 N–H and O–H groups in total. The number of aliphatic hydroxyl groups excluding tert-OH is 1. The highest BCUT2D eigenvalue weighted by atomic mass is 16.6. The Hall–Kier alpha value is -2.88. The van der Waals surface area contributed by atoms with Crippen molar-refractivity contribution in [3.63, 3.8) is 0 Å². The molecule has 0 bridgehead atoms. The number of methoxy groups -OCH3 is 1. The van der Waals surface area contributed by atoms with E-state index >= 15 is 0 Å². The largest absolute Gasteiger partial charge is 0.469 e. The summed E-state index contributed by atoms with van der Waals surface area (Å²) >= 11 is 0. The quantitative estimate of drug-likeness (QED) is 0.171. The van der Waals surface area contributed by atoms with E-state index in [1.165, 1.54) is 12.0 Å². The van der Waals surface area contributed by atoms with Gasteiger partial charge < -0.3 is 30.1 Å². The van der Waals surface area contributed by atoms with E-state index in [4.69, 9.17) is 9.47 Å². The monoisotopic (exact) mass is 523 g/mol. The van der Waals surface area contributed by atoms with Crippen molar-refractivity contribution in [3.8, 4) is 0 Å². The molecule has 1 aliphatic heterocycles. The molecule has 1 aliphatic rings. The van der Waals surface area contributed by atoms with E-state index in [0.717, 1.165) is 19.3 Å². The van der Waals surface area contributed by atoms with Crippen LogP contribution in [0.3, 0.4) is 0 Å². The van der Waals surface area contributed by atoms with Crippen LogP contribution in [0, 0.1) is 0 Å². The van der Waals surface area contributed by atoms with Crippen molar-refractivity contribution >= 4 is 23.9 Å². The lowest BCUT2D eigenvalue weighted by Gasteiger charge is -2.30. The van der Waals surface area contributed by atoms with Crippen LogP contribution < -0.4 is 10.6 Å². The van der Waals surface area contributed by atoms with Crippen molar-refractivity contribution in [3.05, 3.63) is 25.3 Å². The number of esters is 1. The SMILES string of the molecule is C=CCCCCC[C@H](NC(=O)OC(C)(C)C)C(=O)N1C[C@@H](O)CC1C(=O)N[C@@H](CCC=C)CC(=O)OC. The maximum absolute atomic E-state index is 13.6. The van der Waals surface area contributed by atoms with Gasteiger partial charge in [-0.05, 0) is 52.9 Å². The Morgan fingerprint density at radius 3 is 2.32 bits per heavy atom. The smallest absolute Gasteiger partial charge is 0.408 e. The number of hydrogen-bond acceptors (Lipinski definition) is 7. The van der Waals surface area contributed by atoms with E-state index in [1.807, 2.05) is 6.08 Å². The number of aliphatic hydroxyl groups is 1. The summed E-state index contributed by atoms with van der Waals surface area (Å²) in [4.78, 5) is 52.4. The van der Waals surface area contributed by atoms with Gasteiger partial charge in [0, 0.05) is 19.0 Å². The number of likely N-dealkylation sites (tertiary alicyclic amines) is 1. The number of allylic oxidation sites excluding steroid dienone is 2. The molecule has 0 saturated carbocycles. The highest BCUT2D eigenvalue weighted by Gasteiger charge is 2.42. The van der Waals surface area contributed by atoms with Crippen molar-refractivity contribution in [2.24, 2.45) is 0 Å². The second-order valence-electron chi connectivity index (χ2n) is 10.4. The van der Waals surface area contributed by atoms with Crippen LogP contribution in [0.1, 0.15) is 78.6 Å². The highest BCUT2D eigenvalue weighted by Crippen LogP contribution is 2.22. The van der Waals surface area contributed by atoms with Crippen LogP contribution in [0.15, 0.2) is 25.3 Å². The minimum atomic E-state index is -0.935. The summed E-state index contributed by atoms with van der Waals surface area (Å²) < 4.78 is 10.1. The lowest BCUT2D eigenvalue weighted by atomic mass is 10.0. The van der Waals surface area contributed by atoms with Crippen molar-refractivity contribution in [1.82, 2.24) is 15.5 Å². The van der Waals surface area contributed by atoms with E-state index in [-0.39, 0.29) is 19.4 Å². The van der Waals surface area contributed by atoms with Gasteiger partial charge >= 0.3 is 12.1 Å². The summed E-state index contributed by atoms with van der Waals surface area (Å²) in [6.45, 7) is 12.5. The molecule has 1 heterocycles. The average molecular weight is 524 g/mol. The van der Waals surface area contributed by atoms with Gasteiger partial charge in [0.2, 0.25) is 11.8 Å². The molecule has 3 amide bonds. The third-order valence-corrected chi connectivity index (χ3v) is 5.96. The minimum absolute atomic E-state index is 0.0210. The molecule has 0 aromatic carbocycles. The fraction of sp³-hybridized carbons (Fsp3) is 0.704. The molecular formula is C27H45N3O7. The first-order valence-electron chi connectivity index (χ1n) is 13.0. The van der Waals surface area contributed by atoms with Gasteiger partial charge in [-0.2, -0.15) is 0 Å². The third-order valence-electron chi connectivity index (χ3n) is 5.96. The summed E-state index contributed by atoms with van der Waals surface area (Å²) in [5.41, 5.74) is -0.742. The first kappa shape index (κ1) is 32.1. The molecule has 1 unspecified atom stereocenters. The maximum atomic E-state index is 13.6. The number of ether oxygens (including phenoxy) is 2. The molecule has 1 fully saturated rings. The van der Waals surface area contributed by atoms with E-state index < -0.39 is 53.7 Å². The number of carbonyl (C=O) groups is 4. The number of carbonyl (C=O) groups excluding carboxylic acids is 4. The summed E-state index contributed by atoms with van der Waals surface area (Å²) in [7, 11) is 1.28. The number of hydrogen-bond donors (Lipinski definition) is 3. The Morgan fingerprint density at radius 1 is 1.05 bits per heavy atom. The topological polar surface area (TPSA) is 134 Å². The third kappa shape index (κ3) is 12.3. The average Bonchev–Trinajstić information content (AvgIpc) is 3.21. The van der Waals surface area contributed by atoms with Crippen molar-refractivity contribution < 1.29 is 33.8 Å². The molecule has 210 valence electrons. The Balaban J connectivity index is 3.01. The van der Waals surface area contributed by atoms with Gasteiger partial charge in [-0.15, -0.1) is 13.2 Å². The predicted octanol–water partition coefficient (Wildman–Crippen LogP) is 2.99. The number of β-amino-alcohol motifs (C(OH)–C–C–N with tert-alkyl or cyclic N) is 1. The first-order chi connectivity index (χ1) is 17.4. The summed E-state index contributed by atoms with van der Waals surface area (Å²) in [5, 5.41) is 15.8. The second-order valence-corrected chi connectivity index (χ2v) is 10.4. The van der Waals surface area contributed by atoms with Crippen LogP contribution in [-0.2, 0) is 23.9 Å². The fourth-order valence-electron chi connectivity index (χ4n) is 4.15. The number of rotatable bonds is 15. The van der Waals surface area contributed by atoms with Crippen LogP contribution in [0.4, 0.5) is 4.79 Å². The minimum Gasteiger partial charge on any atom is -0.469 e. The van der Waals surface area contributed by atoms with Crippen molar-refractivity contribution in [2.75, 3.05) is 13.7 Å². The summed E-state index contributed by atoms with van der Waals surface area (Å²) in [5.74, 6) is -1.39. The second kappa shape index (κ2) is 16.1. The summed E-state index contributed by atoms with van der Waals surface area (Å²) in [6.07, 6.45) is 6.65. The van der Waals surface area contributed by atoms with Gasteiger partial charge in [0.05, 0.1) is 19.6 Å². The van der Waals surface area contributed by atoms with Gasteiger partial charge in [0.15, 0.2) is 0 Å². The number of unbranched alkanes of at least 4 members (excludes halogenated alkanes) is 3. The zero-order valence-corrected chi connectivity index (χ0v) is 22.8. The summed E-state index contributed by atoms with van der Waals surface area (Å²) in [6, 6.07) is -2.35. The van der Waals surface area contributed by atoms with Crippen LogP contribution in [-0.4, -0.2) is 77.4 Å². The number of nitrogens with zero attached hydrogens (tertiary/aromatic N) is 1. The Labute approximate surface area is 220 Å². The number of amides is 3. The van der Waals surface area contributed by atoms with Gasteiger partial charge in [0.25, 0.3) is 0 Å². The van der Waals surface area contributed by atoms with E-state index in [0.29, 0.717) is 25.7 Å². The zero-order valence-electron chi connectivity index (χ0n) is 22.8. The van der Waals surface area contributed by atoms with E-state index in [1.54, 1.807) is 26.8 Å². The van der Waals surface area contributed by atoms with Crippen LogP contribution in [0.5, 0.6) is 0 Å². The molecule has 0 radical (unpaired) electrons. The van der Waals surface area contributed by atoms with Crippen molar-refractivity contribution in [1.29, 1.82) is 0 Å². The number of alkyl carbamates (subject to hydrolysis) is 1. The molecule has 1 rings (SSSR count). The van der Waals surface area contributed by atoms with Gasteiger partial charge in [-0.3, -0.25) is 14.4 Å². The molecule has 0 aliphatic carbocycles. The Kier molecular flexibility index (Phi) is 14.0. The van der Waals surface area contributed by atoms with Crippen LogP contribution in [0.2, 0.25) is 0 Å². The first-order valence-corrected chi connectivity index (χ1v) is 13.0. The molecular weight excluding hydrogens is 478 g/mol. The van der Waals surface area contributed by atoms with Gasteiger partial charge in [-0.25, -0.2) is 4.79 Å². The van der Waals surface area contributed by atoms with Gasteiger partial charge in [0.1, 0.15) is 17.7 Å². The van der Waals surface area contributed by atoms with E-state index in [9.17, 15) is 24.3 Å². The lowest BCUT2D eigenvalue weighted by Crippen LogP contribution is -2.55. The fourth-order valence-corrected chi connectivity index (χ4v) is 4.15. The predicted molar refractivity (Wildman–Crippen MR) is 141 cm³/mol. The molecule has 0 spiro atoms. The molecule has 4 atom stereocenters. The molecule has 37 heavy (non-hydrogen) atoms. The molecule has 10 nitrogen and oxygen atoms in total. The Morgan fingerprint density at radius 2 is 1.73 bits per heavy atom. The molecule has 0 aromatic rings. The highest BCUT2D eigenvalue weighted by molar-refractivity contribution is 5.92. The Bertz CT molecular complexity index is 793. The zero-order chi connectivity index (χ0) is 28.0. The van der Waals surface area contributed by atoms with Crippen LogP contribution in [0.25, 0.3) is 0 Å². The van der Waals surface area contributed by atoms with E-state index in [2.05, 4.69) is 23.8 Å². The van der Waals surface area contributed by atoms with Crippen LogP contribution >= 0.6 is 0 Å². The number of nitrogens with one attached hydrogen (secondary N) is 2. The lowest BCUT2D eigenvalue weighted by molar-refractivity contribution is -0.143. The molecule has 1 saturated heterocycles. The van der Waals surface area contributed by atoms with Crippen molar-refractivity contribution in [2.45, 2.75) is 108 Å².